The highest BCUT2D eigenvalue weighted by molar-refractivity contribution is 5.84. The molecule has 2 rings (SSSR count). The van der Waals surface area contributed by atoms with Crippen LogP contribution in [0.5, 0.6) is 0 Å². The Bertz CT molecular complexity index is 574. The molecule has 1 aromatic carbocycles. The number of rotatable bonds is 6. The number of carbonyl (C=O) groups excluding carboxylic acids is 2. The summed E-state index contributed by atoms with van der Waals surface area (Å²) in [6.45, 7) is 4.82. The van der Waals surface area contributed by atoms with Crippen molar-refractivity contribution < 1.29 is 19.4 Å². The SMILES string of the molecule is CC(C)(CO)CNC(=O)N1CCCC[C@H]1C(=O)OCc1ccccc1. The number of hydrogen-bond donors (Lipinski definition) is 2. The Morgan fingerprint density at radius 1 is 1.28 bits per heavy atom. The first-order chi connectivity index (χ1) is 11.9. The van der Waals surface area contributed by atoms with Gasteiger partial charge >= 0.3 is 12.0 Å². The summed E-state index contributed by atoms with van der Waals surface area (Å²) in [4.78, 5) is 26.5. The van der Waals surface area contributed by atoms with Gasteiger partial charge in [-0.25, -0.2) is 9.59 Å². The second kappa shape index (κ2) is 8.85. The van der Waals surface area contributed by atoms with Gasteiger partial charge in [0.15, 0.2) is 0 Å². The number of piperidine rings is 1. The number of nitrogens with zero attached hydrogens (tertiary/aromatic N) is 1. The van der Waals surface area contributed by atoms with Crippen molar-refractivity contribution in [3.63, 3.8) is 0 Å². The van der Waals surface area contributed by atoms with E-state index >= 15 is 0 Å². The van der Waals surface area contributed by atoms with E-state index in [0.29, 0.717) is 19.5 Å². The largest absolute Gasteiger partial charge is 0.459 e. The molecule has 2 amide bonds. The summed E-state index contributed by atoms with van der Waals surface area (Å²) in [5.41, 5.74) is 0.529. The van der Waals surface area contributed by atoms with Crippen LogP contribution < -0.4 is 5.32 Å². The predicted molar refractivity (Wildman–Crippen MR) is 94.8 cm³/mol. The van der Waals surface area contributed by atoms with Crippen LogP contribution >= 0.6 is 0 Å². The van der Waals surface area contributed by atoms with E-state index in [1.807, 2.05) is 44.2 Å². The minimum atomic E-state index is -0.547. The Balaban J connectivity index is 1.92. The Hall–Kier alpha value is -2.08. The van der Waals surface area contributed by atoms with Crippen molar-refractivity contribution in [2.24, 2.45) is 5.41 Å². The second-order valence-electron chi connectivity index (χ2n) is 7.28. The molecule has 0 bridgehead atoms. The molecule has 6 nitrogen and oxygen atoms in total. The van der Waals surface area contributed by atoms with E-state index in [4.69, 9.17) is 4.74 Å². The van der Waals surface area contributed by atoms with Crippen molar-refractivity contribution >= 4 is 12.0 Å². The van der Waals surface area contributed by atoms with E-state index in [1.165, 1.54) is 0 Å². The second-order valence-corrected chi connectivity index (χ2v) is 7.28. The number of likely N-dealkylation sites (tertiary alicyclic amines) is 1. The molecular formula is C19H28N2O4. The van der Waals surface area contributed by atoms with Gasteiger partial charge in [-0.2, -0.15) is 0 Å². The molecule has 0 unspecified atom stereocenters. The summed E-state index contributed by atoms with van der Waals surface area (Å²) in [6, 6.07) is 8.67. The lowest BCUT2D eigenvalue weighted by Gasteiger charge is -2.35. The van der Waals surface area contributed by atoms with E-state index in [1.54, 1.807) is 4.90 Å². The van der Waals surface area contributed by atoms with Crippen LogP contribution in [0.4, 0.5) is 4.79 Å². The first-order valence-corrected chi connectivity index (χ1v) is 8.79. The van der Waals surface area contributed by atoms with E-state index in [0.717, 1.165) is 18.4 Å². The summed E-state index contributed by atoms with van der Waals surface area (Å²) in [6.07, 6.45) is 2.39. The average Bonchev–Trinajstić information content (AvgIpc) is 2.65. The van der Waals surface area contributed by atoms with E-state index in [9.17, 15) is 14.7 Å². The van der Waals surface area contributed by atoms with Gasteiger partial charge < -0.3 is 20.1 Å². The number of ether oxygens (including phenoxy) is 1. The maximum atomic E-state index is 12.5. The minimum absolute atomic E-state index is 0.0180. The van der Waals surface area contributed by atoms with Crippen LogP contribution in [-0.4, -0.2) is 47.7 Å². The van der Waals surface area contributed by atoms with Crippen LogP contribution in [0.3, 0.4) is 0 Å². The van der Waals surface area contributed by atoms with Gasteiger partial charge in [0, 0.05) is 25.1 Å². The van der Waals surface area contributed by atoms with Gasteiger partial charge in [-0.1, -0.05) is 44.2 Å². The van der Waals surface area contributed by atoms with Gasteiger partial charge in [0.25, 0.3) is 0 Å². The maximum absolute atomic E-state index is 12.5. The highest BCUT2D eigenvalue weighted by Crippen LogP contribution is 2.20. The third kappa shape index (κ3) is 5.74. The third-order valence-corrected chi connectivity index (χ3v) is 4.41. The quantitative estimate of drug-likeness (QED) is 0.773. The number of carbonyl (C=O) groups is 2. The first kappa shape index (κ1) is 19.2. The average molecular weight is 348 g/mol. The number of benzene rings is 1. The molecule has 0 saturated carbocycles. The lowest BCUT2D eigenvalue weighted by Crippen LogP contribution is -2.53. The molecule has 2 N–H and O–H groups in total. The maximum Gasteiger partial charge on any atom is 0.329 e. The molecule has 6 heteroatoms. The van der Waals surface area contributed by atoms with E-state index in [2.05, 4.69) is 5.32 Å². The van der Waals surface area contributed by atoms with Crippen LogP contribution in [0.15, 0.2) is 30.3 Å². The molecule has 1 atom stereocenters. The van der Waals surface area contributed by atoms with Crippen LogP contribution in [0.1, 0.15) is 38.7 Å². The number of esters is 1. The molecule has 1 aliphatic heterocycles. The molecule has 0 spiro atoms. The van der Waals surface area contributed by atoms with Gasteiger partial charge in [-0.15, -0.1) is 0 Å². The summed E-state index contributed by atoms with van der Waals surface area (Å²) in [7, 11) is 0. The smallest absolute Gasteiger partial charge is 0.329 e. The molecule has 1 aliphatic rings. The topological polar surface area (TPSA) is 78.9 Å². The van der Waals surface area contributed by atoms with Gasteiger partial charge in [0.05, 0.1) is 0 Å². The van der Waals surface area contributed by atoms with E-state index in [-0.39, 0.29) is 25.2 Å². The molecule has 1 fully saturated rings. The molecule has 25 heavy (non-hydrogen) atoms. The number of urea groups is 1. The van der Waals surface area contributed by atoms with Crippen molar-refractivity contribution in [1.29, 1.82) is 0 Å². The monoisotopic (exact) mass is 348 g/mol. The Kier molecular flexibility index (Phi) is 6.82. The Morgan fingerprint density at radius 3 is 2.68 bits per heavy atom. The molecule has 1 aromatic rings. The van der Waals surface area contributed by atoms with Crippen molar-refractivity contribution in [1.82, 2.24) is 10.2 Å². The Labute approximate surface area is 149 Å². The van der Waals surface area contributed by atoms with Gasteiger partial charge in [0.1, 0.15) is 12.6 Å². The number of aliphatic hydroxyl groups is 1. The fraction of sp³-hybridized carbons (Fsp3) is 0.579. The van der Waals surface area contributed by atoms with Gasteiger partial charge in [0.2, 0.25) is 0 Å². The molecule has 0 aliphatic carbocycles. The predicted octanol–water partition coefficient (Wildman–Crippen LogP) is 2.31. The number of nitrogens with one attached hydrogen (secondary N) is 1. The number of amides is 2. The Morgan fingerprint density at radius 2 is 2.00 bits per heavy atom. The number of hydrogen-bond acceptors (Lipinski definition) is 4. The van der Waals surface area contributed by atoms with Crippen LogP contribution in [0.2, 0.25) is 0 Å². The molecule has 1 saturated heterocycles. The van der Waals surface area contributed by atoms with Crippen LogP contribution in [-0.2, 0) is 16.1 Å². The number of aliphatic hydroxyl groups excluding tert-OH is 1. The van der Waals surface area contributed by atoms with Crippen molar-refractivity contribution in [2.75, 3.05) is 19.7 Å². The van der Waals surface area contributed by atoms with Gasteiger partial charge in [-0.05, 0) is 24.8 Å². The van der Waals surface area contributed by atoms with Gasteiger partial charge in [-0.3, -0.25) is 0 Å². The van der Waals surface area contributed by atoms with Crippen molar-refractivity contribution in [3.8, 4) is 0 Å². The fourth-order valence-electron chi connectivity index (χ4n) is 2.72. The normalized spacial score (nSPS) is 17.9. The molecule has 1 heterocycles. The van der Waals surface area contributed by atoms with Crippen molar-refractivity contribution in [2.45, 2.75) is 45.8 Å². The lowest BCUT2D eigenvalue weighted by molar-refractivity contribution is -0.151. The van der Waals surface area contributed by atoms with Crippen molar-refractivity contribution in [3.05, 3.63) is 35.9 Å². The fourth-order valence-corrected chi connectivity index (χ4v) is 2.72. The molecule has 138 valence electrons. The van der Waals surface area contributed by atoms with Crippen LogP contribution in [0.25, 0.3) is 0 Å². The summed E-state index contributed by atoms with van der Waals surface area (Å²) >= 11 is 0. The molecule has 0 radical (unpaired) electrons. The summed E-state index contributed by atoms with van der Waals surface area (Å²) < 4.78 is 5.41. The summed E-state index contributed by atoms with van der Waals surface area (Å²) in [5, 5.41) is 12.1. The summed E-state index contributed by atoms with van der Waals surface area (Å²) in [5.74, 6) is -0.361. The molecular weight excluding hydrogens is 320 g/mol. The standard InChI is InChI=1S/C19H28N2O4/c1-19(2,14-22)13-20-18(24)21-11-7-6-10-16(21)17(23)25-12-15-8-4-3-5-9-15/h3-5,8-9,16,22H,6-7,10-14H2,1-2H3,(H,20,24)/t16-/m0/s1. The van der Waals surface area contributed by atoms with Crippen LogP contribution in [0, 0.1) is 5.41 Å². The first-order valence-electron chi connectivity index (χ1n) is 8.79. The zero-order valence-electron chi connectivity index (χ0n) is 15.0. The zero-order chi connectivity index (χ0) is 18.3. The minimum Gasteiger partial charge on any atom is -0.459 e. The highest BCUT2D eigenvalue weighted by atomic mass is 16.5. The highest BCUT2D eigenvalue weighted by Gasteiger charge is 2.33. The lowest BCUT2D eigenvalue weighted by atomic mass is 9.95. The van der Waals surface area contributed by atoms with E-state index < -0.39 is 11.5 Å². The molecule has 0 aromatic heterocycles. The zero-order valence-corrected chi connectivity index (χ0v) is 15.0. The third-order valence-electron chi connectivity index (χ3n) is 4.41.